The molecule has 0 N–H and O–H groups in total. The molecule has 0 saturated heterocycles. The molecule has 0 aliphatic heterocycles. The van der Waals surface area contributed by atoms with Crippen LogP contribution in [0, 0.1) is 5.92 Å². The van der Waals surface area contributed by atoms with Gasteiger partial charge in [-0.2, -0.15) is 0 Å². The largest absolute Gasteiger partial charge is 0.383 e. The van der Waals surface area contributed by atoms with E-state index in [0.29, 0.717) is 25.5 Å². The van der Waals surface area contributed by atoms with Crippen LogP contribution in [0.15, 0.2) is 30.3 Å². The summed E-state index contributed by atoms with van der Waals surface area (Å²) in [6.45, 7) is 8.44. The molecule has 1 aromatic rings. The van der Waals surface area contributed by atoms with Crippen molar-refractivity contribution in [1.29, 1.82) is 0 Å². The van der Waals surface area contributed by atoms with Gasteiger partial charge in [0.05, 0.1) is 6.61 Å². The molecule has 0 radical (unpaired) electrons. The molecular weight excluding hydrogens is 250 g/mol. The summed E-state index contributed by atoms with van der Waals surface area (Å²) >= 11 is 0. The SMILES string of the molecule is COCCN(CC(C)C)C(=O)CC(C)c1ccccc1. The van der Waals surface area contributed by atoms with Crippen LogP contribution in [0.4, 0.5) is 0 Å². The van der Waals surface area contributed by atoms with E-state index in [1.54, 1.807) is 7.11 Å². The maximum atomic E-state index is 12.4. The Labute approximate surface area is 122 Å². The van der Waals surface area contributed by atoms with Gasteiger partial charge in [0, 0.05) is 26.6 Å². The minimum atomic E-state index is 0.215. The second-order valence-electron chi connectivity index (χ2n) is 5.74. The zero-order valence-electron chi connectivity index (χ0n) is 13.1. The van der Waals surface area contributed by atoms with Crippen molar-refractivity contribution in [2.45, 2.75) is 33.1 Å². The number of nitrogens with zero attached hydrogens (tertiary/aromatic N) is 1. The van der Waals surface area contributed by atoms with Gasteiger partial charge in [-0.25, -0.2) is 0 Å². The van der Waals surface area contributed by atoms with Gasteiger partial charge in [0.25, 0.3) is 0 Å². The zero-order chi connectivity index (χ0) is 15.0. The normalized spacial score (nSPS) is 12.4. The van der Waals surface area contributed by atoms with Gasteiger partial charge >= 0.3 is 0 Å². The molecule has 0 aliphatic carbocycles. The van der Waals surface area contributed by atoms with Gasteiger partial charge < -0.3 is 9.64 Å². The number of carbonyl (C=O) groups excluding carboxylic acids is 1. The number of ether oxygens (including phenoxy) is 1. The first-order valence-corrected chi connectivity index (χ1v) is 7.36. The molecule has 0 heterocycles. The Morgan fingerprint density at radius 2 is 1.85 bits per heavy atom. The summed E-state index contributed by atoms with van der Waals surface area (Å²) in [4.78, 5) is 14.4. The van der Waals surface area contributed by atoms with Gasteiger partial charge in [0.2, 0.25) is 5.91 Å². The quantitative estimate of drug-likeness (QED) is 0.729. The van der Waals surface area contributed by atoms with Crippen molar-refractivity contribution in [3.63, 3.8) is 0 Å². The lowest BCUT2D eigenvalue weighted by atomic mass is 9.97. The Morgan fingerprint density at radius 1 is 1.20 bits per heavy atom. The number of benzene rings is 1. The molecule has 1 atom stereocenters. The van der Waals surface area contributed by atoms with E-state index in [9.17, 15) is 4.79 Å². The van der Waals surface area contributed by atoms with Crippen LogP contribution in [0.1, 0.15) is 38.7 Å². The lowest BCUT2D eigenvalue weighted by Gasteiger charge is -2.26. The maximum absolute atomic E-state index is 12.4. The standard InChI is InChI=1S/C17H27NO2/c1-14(2)13-18(10-11-20-4)17(19)12-15(3)16-8-6-5-7-9-16/h5-9,14-15H,10-13H2,1-4H3. The number of rotatable bonds is 8. The van der Waals surface area contributed by atoms with Crippen LogP contribution in [0.3, 0.4) is 0 Å². The second-order valence-corrected chi connectivity index (χ2v) is 5.74. The molecule has 3 heteroatoms. The first-order valence-electron chi connectivity index (χ1n) is 7.36. The van der Waals surface area contributed by atoms with Gasteiger partial charge in [-0.3, -0.25) is 4.79 Å². The molecule has 0 saturated carbocycles. The van der Waals surface area contributed by atoms with Gasteiger partial charge in [-0.15, -0.1) is 0 Å². The van der Waals surface area contributed by atoms with Crippen LogP contribution >= 0.6 is 0 Å². The van der Waals surface area contributed by atoms with Crippen LogP contribution in [-0.4, -0.2) is 37.6 Å². The van der Waals surface area contributed by atoms with Crippen molar-refractivity contribution in [2.24, 2.45) is 5.92 Å². The van der Waals surface area contributed by atoms with Crippen LogP contribution in [0.2, 0.25) is 0 Å². The van der Waals surface area contributed by atoms with E-state index in [2.05, 4.69) is 32.9 Å². The molecule has 112 valence electrons. The fourth-order valence-electron chi connectivity index (χ4n) is 2.25. The molecule has 1 aromatic carbocycles. The number of hydrogen-bond donors (Lipinski definition) is 0. The minimum absolute atomic E-state index is 0.215. The van der Waals surface area contributed by atoms with Crippen molar-refractivity contribution in [2.75, 3.05) is 26.8 Å². The number of carbonyl (C=O) groups is 1. The Bertz CT molecular complexity index is 389. The minimum Gasteiger partial charge on any atom is -0.383 e. The van der Waals surface area contributed by atoms with E-state index in [4.69, 9.17) is 4.74 Å². The summed E-state index contributed by atoms with van der Waals surface area (Å²) in [5.41, 5.74) is 1.22. The molecule has 0 aliphatic rings. The highest BCUT2D eigenvalue weighted by Crippen LogP contribution is 2.19. The lowest BCUT2D eigenvalue weighted by Crippen LogP contribution is -2.37. The average molecular weight is 277 g/mol. The molecule has 1 amide bonds. The van der Waals surface area contributed by atoms with Crippen molar-refractivity contribution in [3.05, 3.63) is 35.9 Å². The maximum Gasteiger partial charge on any atom is 0.223 e. The third kappa shape index (κ3) is 5.74. The van der Waals surface area contributed by atoms with Crippen molar-refractivity contribution in [1.82, 2.24) is 4.90 Å². The van der Waals surface area contributed by atoms with Crippen molar-refractivity contribution in [3.8, 4) is 0 Å². The average Bonchev–Trinajstić information content (AvgIpc) is 2.43. The molecular formula is C17H27NO2. The van der Waals surface area contributed by atoms with Gasteiger partial charge in [0.1, 0.15) is 0 Å². The molecule has 0 aromatic heterocycles. The predicted octanol–water partition coefficient (Wildman–Crippen LogP) is 3.31. The van der Waals surface area contributed by atoms with E-state index in [-0.39, 0.29) is 11.8 Å². The molecule has 0 bridgehead atoms. The molecule has 0 spiro atoms. The fraction of sp³-hybridized carbons (Fsp3) is 0.588. The van der Waals surface area contributed by atoms with Gasteiger partial charge in [-0.1, -0.05) is 51.1 Å². The summed E-state index contributed by atoms with van der Waals surface area (Å²) < 4.78 is 5.10. The first-order chi connectivity index (χ1) is 9.54. The van der Waals surface area contributed by atoms with E-state index in [1.165, 1.54) is 5.56 Å². The monoisotopic (exact) mass is 277 g/mol. The predicted molar refractivity (Wildman–Crippen MR) is 82.8 cm³/mol. The van der Waals surface area contributed by atoms with E-state index < -0.39 is 0 Å². The van der Waals surface area contributed by atoms with Crippen LogP contribution < -0.4 is 0 Å². The van der Waals surface area contributed by atoms with E-state index >= 15 is 0 Å². The van der Waals surface area contributed by atoms with Gasteiger partial charge in [0.15, 0.2) is 0 Å². The van der Waals surface area contributed by atoms with E-state index in [1.807, 2.05) is 23.1 Å². The molecule has 20 heavy (non-hydrogen) atoms. The summed E-state index contributed by atoms with van der Waals surface area (Å²) in [6, 6.07) is 10.2. The van der Waals surface area contributed by atoms with Gasteiger partial charge in [-0.05, 0) is 17.4 Å². The van der Waals surface area contributed by atoms with E-state index in [0.717, 1.165) is 6.54 Å². The number of hydrogen-bond acceptors (Lipinski definition) is 2. The molecule has 1 rings (SSSR count). The zero-order valence-corrected chi connectivity index (χ0v) is 13.1. The third-order valence-corrected chi connectivity index (χ3v) is 3.35. The fourth-order valence-corrected chi connectivity index (χ4v) is 2.25. The third-order valence-electron chi connectivity index (χ3n) is 3.35. The summed E-state index contributed by atoms with van der Waals surface area (Å²) in [5, 5.41) is 0. The highest BCUT2D eigenvalue weighted by Gasteiger charge is 2.18. The van der Waals surface area contributed by atoms with Crippen LogP contribution in [0.25, 0.3) is 0 Å². The summed E-state index contributed by atoms with van der Waals surface area (Å²) in [7, 11) is 1.67. The Hall–Kier alpha value is -1.35. The Kier molecular flexibility index (Phi) is 7.31. The first kappa shape index (κ1) is 16.7. The Balaban J connectivity index is 2.60. The van der Waals surface area contributed by atoms with Crippen molar-refractivity contribution >= 4 is 5.91 Å². The highest BCUT2D eigenvalue weighted by atomic mass is 16.5. The number of methoxy groups -OCH3 is 1. The molecule has 3 nitrogen and oxygen atoms in total. The Morgan fingerprint density at radius 3 is 2.40 bits per heavy atom. The second kappa shape index (κ2) is 8.75. The molecule has 1 unspecified atom stereocenters. The molecule has 0 fully saturated rings. The topological polar surface area (TPSA) is 29.5 Å². The lowest BCUT2D eigenvalue weighted by molar-refractivity contribution is -0.132. The van der Waals surface area contributed by atoms with Crippen LogP contribution in [0.5, 0.6) is 0 Å². The van der Waals surface area contributed by atoms with Crippen LogP contribution in [-0.2, 0) is 9.53 Å². The van der Waals surface area contributed by atoms with Crippen molar-refractivity contribution < 1.29 is 9.53 Å². The summed E-state index contributed by atoms with van der Waals surface area (Å²) in [5.74, 6) is 0.941. The summed E-state index contributed by atoms with van der Waals surface area (Å²) in [6.07, 6.45) is 0.556. The number of amides is 1. The highest BCUT2D eigenvalue weighted by molar-refractivity contribution is 5.77. The smallest absolute Gasteiger partial charge is 0.223 e.